The van der Waals surface area contributed by atoms with Crippen molar-refractivity contribution < 1.29 is 9.59 Å². The predicted octanol–water partition coefficient (Wildman–Crippen LogP) is 15.2. The van der Waals surface area contributed by atoms with Crippen LogP contribution in [0.4, 0.5) is 0 Å². The highest BCUT2D eigenvalue weighted by atomic mass is 16.2. The van der Waals surface area contributed by atoms with Crippen LogP contribution >= 0.6 is 0 Å². The molecule has 0 aliphatic rings. The van der Waals surface area contributed by atoms with Gasteiger partial charge in [0.05, 0.1) is 33.8 Å². The number of hydrogen-bond acceptors (Lipinski definition) is 6. The number of carbonyl (C=O) groups is 2. The van der Waals surface area contributed by atoms with Crippen molar-refractivity contribution >= 4 is 33.6 Å². The molecule has 346 valence electrons. The third-order valence-electron chi connectivity index (χ3n) is 12.7. The van der Waals surface area contributed by atoms with E-state index in [0.29, 0.717) is 34.2 Å². The van der Waals surface area contributed by atoms with Crippen LogP contribution in [0.5, 0.6) is 0 Å². The first kappa shape index (κ1) is 50.3. The molecular weight excluding hydrogens is 789 g/mol. The molecule has 5 rings (SSSR count). The van der Waals surface area contributed by atoms with Gasteiger partial charge in [0, 0.05) is 37.0 Å². The van der Waals surface area contributed by atoms with Gasteiger partial charge in [-0.1, -0.05) is 193 Å². The molecule has 4 aromatic heterocycles. The van der Waals surface area contributed by atoms with E-state index in [2.05, 4.69) is 52.0 Å². The van der Waals surface area contributed by atoms with Crippen LogP contribution < -0.4 is 0 Å². The first-order valence-electron chi connectivity index (χ1n) is 25.7. The highest BCUT2D eigenvalue weighted by Gasteiger charge is 2.20. The van der Waals surface area contributed by atoms with Gasteiger partial charge in [-0.05, 0) is 62.1 Å². The van der Waals surface area contributed by atoms with Crippen molar-refractivity contribution in [2.24, 2.45) is 0 Å². The molecule has 2 amide bonds. The van der Waals surface area contributed by atoms with E-state index in [1.165, 1.54) is 103 Å². The Balaban J connectivity index is 1.35. The summed E-state index contributed by atoms with van der Waals surface area (Å²) < 4.78 is 0. The van der Waals surface area contributed by atoms with Gasteiger partial charge < -0.3 is 9.80 Å². The largest absolute Gasteiger partial charge is 0.337 e. The van der Waals surface area contributed by atoms with Crippen molar-refractivity contribution in [2.75, 3.05) is 26.2 Å². The Bertz CT molecular complexity index is 1950. The van der Waals surface area contributed by atoms with Gasteiger partial charge in [0.2, 0.25) is 0 Å². The lowest BCUT2D eigenvalue weighted by molar-refractivity contribution is 0.0736. The zero-order valence-electron chi connectivity index (χ0n) is 40.2. The quantitative estimate of drug-likeness (QED) is 0.0316. The Kier molecular flexibility index (Phi) is 22.7. The zero-order valence-corrected chi connectivity index (χ0v) is 40.2. The minimum absolute atomic E-state index is 0.00247. The SMILES string of the molecule is CCCCCCCCN(CCCCCCCC)C(=O)c1cccc(-c2ccc3ccc4ccc(-c5cccc(C(=O)N(CCCCCCCC)CCCCCCCC)n5)nc4c3n2)n1. The minimum Gasteiger partial charge on any atom is -0.337 e. The van der Waals surface area contributed by atoms with Crippen LogP contribution in [0.1, 0.15) is 203 Å². The van der Waals surface area contributed by atoms with Crippen LogP contribution in [0.25, 0.3) is 44.6 Å². The fraction of sp³-hybridized carbons (Fsp3) is 0.571. The number of nitrogens with zero attached hydrogens (tertiary/aromatic N) is 6. The lowest BCUT2D eigenvalue weighted by Crippen LogP contribution is -2.33. The summed E-state index contributed by atoms with van der Waals surface area (Å²) in [6, 6.07) is 23.7. The Labute approximate surface area is 386 Å². The number of rotatable bonds is 32. The number of aromatic nitrogens is 4. The first-order valence-corrected chi connectivity index (χ1v) is 25.7. The van der Waals surface area contributed by atoms with Gasteiger partial charge in [0.1, 0.15) is 11.4 Å². The molecule has 0 aliphatic carbocycles. The van der Waals surface area contributed by atoms with E-state index in [0.717, 1.165) is 99.4 Å². The van der Waals surface area contributed by atoms with E-state index in [1.807, 2.05) is 58.3 Å². The first-order chi connectivity index (χ1) is 31.5. The average Bonchev–Trinajstić information content (AvgIpc) is 3.33. The van der Waals surface area contributed by atoms with Crippen LogP contribution in [0.2, 0.25) is 0 Å². The van der Waals surface area contributed by atoms with E-state index in [4.69, 9.17) is 19.9 Å². The molecule has 0 saturated carbocycles. The number of benzene rings is 1. The molecular formula is C56H80N6O2. The zero-order chi connectivity index (χ0) is 45.2. The highest BCUT2D eigenvalue weighted by Crippen LogP contribution is 2.28. The maximum absolute atomic E-state index is 14.1. The molecule has 0 spiro atoms. The predicted molar refractivity (Wildman–Crippen MR) is 269 cm³/mol. The third kappa shape index (κ3) is 16.1. The van der Waals surface area contributed by atoms with E-state index in [-0.39, 0.29) is 11.8 Å². The number of fused-ring (bicyclic) bond motifs is 3. The molecule has 0 bridgehead atoms. The summed E-state index contributed by atoms with van der Waals surface area (Å²) in [6.45, 7) is 12.0. The second-order valence-corrected chi connectivity index (χ2v) is 18.1. The van der Waals surface area contributed by atoms with Crippen molar-refractivity contribution in [1.82, 2.24) is 29.7 Å². The minimum atomic E-state index is 0.00247. The Morgan fingerprint density at radius 3 is 0.953 bits per heavy atom. The molecule has 0 aliphatic heterocycles. The fourth-order valence-electron chi connectivity index (χ4n) is 8.73. The van der Waals surface area contributed by atoms with E-state index < -0.39 is 0 Å². The number of hydrogen-bond donors (Lipinski definition) is 0. The standard InChI is InChI=1S/C56H80N6O2/c1-5-9-13-17-21-25-41-61(42-26-22-18-14-10-6-2)55(63)51-33-29-31-47(57-51)49-39-37-45-35-36-46-38-40-50(60-54(46)53(45)59-49)48-32-30-34-52(58-48)56(64)62(43-27-23-19-15-11-7-3)44-28-24-20-16-12-8-4/h29-40H,5-28,41-44H2,1-4H3. The second kappa shape index (κ2) is 28.9. The molecule has 64 heavy (non-hydrogen) atoms. The molecule has 0 radical (unpaired) electrons. The summed E-state index contributed by atoms with van der Waals surface area (Å²) in [5, 5.41) is 1.93. The Morgan fingerprint density at radius 2 is 0.625 bits per heavy atom. The van der Waals surface area contributed by atoms with E-state index in [9.17, 15) is 9.59 Å². The van der Waals surface area contributed by atoms with E-state index >= 15 is 0 Å². The molecule has 5 aromatic rings. The van der Waals surface area contributed by atoms with Gasteiger partial charge in [0.15, 0.2) is 0 Å². The molecule has 8 heteroatoms. The molecule has 0 atom stereocenters. The molecule has 4 heterocycles. The average molecular weight is 869 g/mol. The monoisotopic (exact) mass is 869 g/mol. The van der Waals surface area contributed by atoms with Gasteiger partial charge in [-0.15, -0.1) is 0 Å². The number of pyridine rings is 4. The molecule has 8 nitrogen and oxygen atoms in total. The summed E-state index contributed by atoms with van der Waals surface area (Å²) in [5.74, 6) is 0.00493. The van der Waals surface area contributed by atoms with Crippen LogP contribution in [0.15, 0.2) is 72.8 Å². The maximum Gasteiger partial charge on any atom is 0.272 e. The van der Waals surface area contributed by atoms with Crippen LogP contribution in [-0.4, -0.2) is 67.7 Å². The van der Waals surface area contributed by atoms with Crippen molar-refractivity contribution in [2.45, 2.75) is 182 Å². The molecule has 1 aromatic carbocycles. The number of amides is 2. The van der Waals surface area contributed by atoms with Crippen LogP contribution in [0, 0.1) is 0 Å². The normalized spacial score (nSPS) is 11.4. The Hall–Kier alpha value is -4.72. The molecule has 0 fully saturated rings. The summed E-state index contributed by atoms with van der Waals surface area (Å²) in [7, 11) is 0. The van der Waals surface area contributed by atoms with Crippen LogP contribution in [-0.2, 0) is 0 Å². The highest BCUT2D eigenvalue weighted by molar-refractivity contribution is 6.04. The Morgan fingerprint density at radius 1 is 0.344 bits per heavy atom. The van der Waals surface area contributed by atoms with Crippen molar-refractivity contribution in [3.63, 3.8) is 0 Å². The fourth-order valence-corrected chi connectivity index (χ4v) is 8.73. The molecule has 0 saturated heterocycles. The molecule has 0 unspecified atom stereocenters. The van der Waals surface area contributed by atoms with Gasteiger partial charge in [-0.25, -0.2) is 19.9 Å². The summed E-state index contributed by atoms with van der Waals surface area (Å²) in [5.41, 5.74) is 5.18. The second-order valence-electron chi connectivity index (χ2n) is 18.1. The van der Waals surface area contributed by atoms with Crippen LogP contribution in [0.3, 0.4) is 0 Å². The van der Waals surface area contributed by atoms with Gasteiger partial charge in [0.25, 0.3) is 11.8 Å². The topological polar surface area (TPSA) is 92.2 Å². The van der Waals surface area contributed by atoms with Gasteiger partial charge in [-0.2, -0.15) is 0 Å². The summed E-state index contributed by atoms with van der Waals surface area (Å²) in [6.07, 6.45) is 28.6. The summed E-state index contributed by atoms with van der Waals surface area (Å²) in [4.78, 5) is 52.5. The third-order valence-corrected chi connectivity index (χ3v) is 12.7. The van der Waals surface area contributed by atoms with E-state index in [1.54, 1.807) is 0 Å². The van der Waals surface area contributed by atoms with Gasteiger partial charge in [-0.3, -0.25) is 9.59 Å². The summed E-state index contributed by atoms with van der Waals surface area (Å²) >= 11 is 0. The van der Waals surface area contributed by atoms with Crippen molar-refractivity contribution in [1.29, 1.82) is 0 Å². The lowest BCUT2D eigenvalue weighted by atomic mass is 10.1. The molecule has 0 N–H and O–H groups in total. The number of unbranched alkanes of at least 4 members (excludes halogenated alkanes) is 20. The van der Waals surface area contributed by atoms with Gasteiger partial charge >= 0.3 is 0 Å². The maximum atomic E-state index is 14.1. The smallest absolute Gasteiger partial charge is 0.272 e. The van der Waals surface area contributed by atoms with Crippen molar-refractivity contribution in [3.8, 4) is 22.8 Å². The lowest BCUT2D eigenvalue weighted by Gasteiger charge is -2.23. The number of carbonyl (C=O) groups excluding carboxylic acids is 2. The van der Waals surface area contributed by atoms with Crippen molar-refractivity contribution in [3.05, 3.63) is 84.2 Å².